The van der Waals surface area contributed by atoms with Gasteiger partial charge in [0, 0.05) is 36.1 Å². The Bertz CT molecular complexity index is 770. The number of hydrogen-bond acceptors (Lipinski definition) is 2. The minimum Gasteiger partial charge on any atom is -0.481 e. The lowest BCUT2D eigenvalue weighted by Crippen LogP contribution is -1.98. The van der Waals surface area contributed by atoms with Crippen LogP contribution in [-0.4, -0.2) is 25.6 Å². The highest BCUT2D eigenvalue weighted by molar-refractivity contribution is 5.95. The van der Waals surface area contributed by atoms with Crippen LogP contribution in [0.3, 0.4) is 0 Å². The van der Waals surface area contributed by atoms with Crippen LogP contribution in [0.5, 0.6) is 0 Å². The number of H-pyrrole nitrogens is 1. The first-order chi connectivity index (χ1) is 9.65. The Morgan fingerprint density at radius 3 is 3.00 bits per heavy atom. The van der Waals surface area contributed by atoms with Gasteiger partial charge in [-0.3, -0.25) is 4.79 Å². The van der Waals surface area contributed by atoms with E-state index in [-0.39, 0.29) is 6.42 Å². The smallest absolute Gasteiger partial charge is 0.303 e. The van der Waals surface area contributed by atoms with E-state index in [9.17, 15) is 4.79 Å². The third kappa shape index (κ3) is 2.18. The van der Waals surface area contributed by atoms with Crippen LogP contribution in [0.15, 0.2) is 36.7 Å². The van der Waals surface area contributed by atoms with Crippen molar-refractivity contribution in [1.29, 1.82) is 0 Å². The minimum atomic E-state index is -0.812. The van der Waals surface area contributed by atoms with E-state index in [4.69, 9.17) is 5.11 Å². The van der Waals surface area contributed by atoms with Gasteiger partial charge in [0.2, 0.25) is 0 Å². The van der Waals surface area contributed by atoms with Crippen molar-refractivity contribution in [2.45, 2.75) is 12.8 Å². The predicted octanol–water partition coefficient (Wildman–Crippen LogP) is 2.59. The van der Waals surface area contributed by atoms with E-state index in [1.165, 1.54) is 0 Å². The first-order valence-electron chi connectivity index (χ1n) is 6.45. The van der Waals surface area contributed by atoms with Gasteiger partial charge in [-0.05, 0) is 6.07 Å². The Balaban J connectivity index is 1.97. The fourth-order valence-electron chi connectivity index (χ4n) is 2.41. The summed E-state index contributed by atoms with van der Waals surface area (Å²) in [5, 5.41) is 9.85. The molecule has 3 aromatic rings. The zero-order valence-electron chi connectivity index (χ0n) is 11.1. The minimum absolute atomic E-state index is 0.0858. The molecule has 20 heavy (non-hydrogen) atoms. The SMILES string of the molecule is Cn1cc(-c2cnc(CCC(=O)O)[nH]2)c2ccccc21. The number of para-hydroxylation sites is 1. The lowest BCUT2D eigenvalue weighted by Gasteiger charge is -1.95. The summed E-state index contributed by atoms with van der Waals surface area (Å²) in [6, 6.07) is 8.16. The van der Waals surface area contributed by atoms with Gasteiger partial charge in [0.05, 0.1) is 18.3 Å². The summed E-state index contributed by atoms with van der Waals surface area (Å²) in [7, 11) is 2.01. The molecule has 0 atom stereocenters. The summed E-state index contributed by atoms with van der Waals surface area (Å²) < 4.78 is 2.07. The number of nitrogens with zero attached hydrogens (tertiary/aromatic N) is 2. The van der Waals surface area contributed by atoms with Crippen molar-refractivity contribution >= 4 is 16.9 Å². The summed E-state index contributed by atoms with van der Waals surface area (Å²) >= 11 is 0. The molecule has 0 saturated carbocycles. The molecule has 2 N–H and O–H groups in total. The van der Waals surface area contributed by atoms with Gasteiger partial charge < -0.3 is 14.7 Å². The van der Waals surface area contributed by atoms with E-state index in [0.717, 1.165) is 22.2 Å². The molecule has 2 aromatic heterocycles. The van der Waals surface area contributed by atoms with Gasteiger partial charge in [-0.2, -0.15) is 0 Å². The van der Waals surface area contributed by atoms with Crippen LogP contribution in [0.25, 0.3) is 22.2 Å². The third-order valence-corrected chi connectivity index (χ3v) is 3.39. The Morgan fingerprint density at radius 1 is 1.40 bits per heavy atom. The van der Waals surface area contributed by atoms with Crippen LogP contribution in [0.1, 0.15) is 12.2 Å². The summed E-state index contributed by atoms with van der Waals surface area (Å²) in [6.45, 7) is 0. The maximum Gasteiger partial charge on any atom is 0.303 e. The second-order valence-electron chi connectivity index (χ2n) is 4.81. The Labute approximate surface area is 115 Å². The number of aryl methyl sites for hydroxylation is 2. The number of aliphatic carboxylic acids is 1. The fourth-order valence-corrected chi connectivity index (χ4v) is 2.41. The number of carbonyl (C=O) groups is 1. The number of aromatic nitrogens is 3. The van der Waals surface area contributed by atoms with Gasteiger partial charge in [-0.1, -0.05) is 18.2 Å². The molecule has 0 unspecified atom stereocenters. The second kappa shape index (κ2) is 4.85. The Morgan fingerprint density at radius 2 is 2.20 bits per heavy atom. The average molecular weight is 269 g/mol. The second-order valence-corrected chi connectivity index (χ2v) is 4.81. The number of benzene rings is 1. The number of nitrogens with one attached hydrogen (secondary N) is 1. The van der Waals surface area contributed by atoms with Gasteiger partial charge in [0.25, 0.3) is 0 Å². The largest absolute Gasteiger partial charge is 0.481 e. The highest BCUT2D eigenvalue weighted by atomic mass is 16.4. The average Bonchev–Trinajstić information content (AvgIpc) is 3.02. The van der Waals surface area contributed by atoms with Crippen molar-refractivity contribution < 1.29 is 9.90 Å². The van der Waals surface area contributed by atoms with Gasteiger partial charge in [-0.15, -0.1) is 0 Å². The molecule has 102 valence electrons. The number of imidazole rings is 1. The van der Waals surface area contributed by atoms with E-state index >= 15 is 0 Å². The molecule has 0 saturated heterocycles. The van der Waals surface area contributed by atoms with Gasteiger partial charge in [0.1, 0.15) is 5.82 Å². The Kier molecular flexibility index (Phi) is 3.02. The number of hydrogen-bond donors (Lipinski definition) is 2. The molecule has 5 nitrogen and oxygen atoms in total. The van der Waals surface area contributed by atoms with Crippen LogP contribution in [-0.2, 0) is 18.3 Å². The van der Waals surface area contributed by atoms with Gasteiger partial charge in [0.15, 0.2) is 0 Å². The lowest BCUT2D eigenvalue weighted by molar-refractivity contribution is -0.137. The fraction of sp³-hybridized carbons (Fsp3) is 0.200. The molecule has 0 aliphatic rings. The predicted molar refractivity (Wildman–Crippen MR) is 76.5 cm³/mol. The quantitative estimate of drug-likeness (QED) is 0.764. The highest BCUT2D eigenvalue weighted by Gasteiger charge is 2.11. The zero-order chi connectivity index (χ0) is 14.1. The maximum absolute atomic E-state index is 10.6. The molecule has 0 spiro atoms. The molecule has 2 heterocycles. The molecule has 0 bridgehead atoms. The number of fused-ring (bicyclic) bond motifs is 1. The molecule has 0 radical (unpaired) electrons. The van der Waals surface area contributed by atoms with Crippen molar-refractivity contribution in [3.63, 3.8) is 0 Å². The summed E-state index contributed by atoms with van der Waals surface area (Å²) in [5.41, 5.74) is 3.16. The van der Waals surface area contributed by atoms with Crippen LogP contribution in [0.4, 0.5) is 0 Å². The maximum atomic E-state index is 10.6. The van der Waals surface area contributed by atoms with Crippen molar-refractivity contribution in [2.75, 3.05) is 0 Å². The first-order valence-corrected chi connectivity index (χ1v) is 6.45. The number of carboxylic acid groups (broad SMARTS) is 1. The standard InChI is InChI=1S/C15H15N3O2/c1-18-9-11(10-4-2-3-5-13(10)18)12-8-16-14(17-12)6-7-15(19)20/h2-5,8-9H,6-7H2,1H3,(H,16,17)(H,19,20). The molecule has 0 amide bonds. The van der Waals surface area contributed by atoms with E-state index in [1.54, 1.807) is 6.20 Å². The molecule has 3 rings (SSSR count). The molecular weight excluding hydrogens is 254 g/mol. The monoisotopic (exact) mass is 269 g/mol. The van der Waals surface area contributed by atoms with Crippen LogP contribution >= 0.6 is 0 Å². The van der Waals surface area contributed by atoms with Crippen molar-refractivity contribution in [3.8, 4) is 11.3 Å². The summed E-state index contributed by atoms with van der Waals surface area (Å²) in [5.74, 6) is -0.108. The van der Waals surface area contributed by atoms with Crippen molar-refractivity contribution in [3.05, 3.63) is 42.5 Å². The van der Waals surface area contributed by atoms with Crippen LogP contribution < -0.4 is 0 Å². The molecular formula is C15H15N3O2. The molecule has 0 aliphatic carbocycles. The topological polar surface area (TPSA) is 70.9 Å². The van der Waals surface area contributed by atoms with Crippen LogP contribution in [0.2, 0.25) is 0 Å². The van der Waals surface area contributed by atoms with E-state index in [0.29, 0.717) is 12.2 Å². The molecule has 0 aliphatic heterocycles. The first kappa shape index (κ1) is 12.5. The number of rotatable bonds is 4. The van der Waals surface area contributed by atoms with Gasteiger partial charge >= 0.3 is 5.97 Å². The normalized spacial score (nSPS) is 11.1. The highest BCUT2D eigenvalue weighted by Crippen LogP contribution is 2.28. The van der Waals surface area contributed by atoms with Crippen molar-refractivity contribution in [2.24, 2.45) is 7.05 Å². The van der Waals surface area contributed by atoms with E-state index in [2.05, 4.69) is 32.9 Å². The van der Waals surface area contributed by atoms with Crippen LogP contribution in [0, 0.1) is 0 Å². The van der Waals surface area contributed by atoms with Crippen molar-refractivity contribution in [1.82, 2.24) is 14.5 Å². The summed E-state index contributed by atoms with van der Waals surface area (Å²) in [6.07, 6.45) is 4.32. The molecule has 0 fully saturated rings. The number of carboxylic acids is 1. The summed E-state index contributed by atoms with van der Waals surface area (Å²) in [4.78, 5) is 18.0. The molecule has 1 aromatic carbocycles. The molecule has 5 heteroatoms. The van der Waals surface area contributed by atoms with E-state index < -0.39 is 5.97 Å². The Hall–Kier alpha value is -2.56. The zero-order valence-corrected chi connectivity index (χ0v) is 11.1. The lowest BCUT2D eigenvalue weighted by atomic mass is 10.1. The number of aromatic amines is 1. The van der Waals surface area contributed by atoms with Gasteiger partial charge in [-0.25, -0.2) is 4.98 Å². The third-order valence-electron chi connectivity index (χ3n) is 3.39. The van der Waals surface area contributed by atoms with E-state index in [1.807, 2.05) is 19.2 Å².